The molecule has 0 aliphatic heterocycles. The summed E-state index contributed by atoms with van der Waals surface area (Å²) in [6.07, 6.45) is 1.61. The van der Waals surface area contributed by atoms with E-state index in [0.717, 1.165) is 18.9 Å². The van der Waals surface area contributed by atoms with Crippen molar-refractivity contribution >= 4 is 12.2 Å². The fourth-order valence-electron chi connectivity index (χ4n) is 1.83. The molecule has 1 aromatic carbocycles. The van der Waals surface area contributed by atoms with Gasteiger partial charge in [0.05, 0.1) is 5.56 Å². The topological polar surface area (TPSA) is 55.4 Å². The molecule has 1 N–H and O–H groups in total. The molecule has 0 spiro atoms. The smallest absolute Gasteiger partial charge is 0.260 e. The largest absolute Gasteiger partial charge is 0.480 e. The molecule has 1 amide bonds. The van der Waals surface area contributed by atoms with Crippen molar-refractivity contribution in [2.24, 2.45) is 0 Å². The summed E-state index contributed by atoms with van der Waals surface area (Å²) in [6, 6.07) is 3.68. The van der Waals surface area contributed by atoms with Gasteiger partial charge in [0.2, 0.25) is 0 Å². The third-order valence-corrected chi connectivity index (χ3v) is 2.88. The van der Waals surface area contributed by atoms with Crippen LogP contribution in [0, 0.1) is 5.82 Å². The van der Waals surface area contributed by atoms with Crippen LogP contribution in [-0.2, 0) is 4.79 Å². The van der Waals surface area contributed by atoms with Crippen LogP contribution in [0.4, 0.5) is 4.39 Å². The summed E-state index contributed by atoms with van der Waals surface area (Å²) < 4.78 is 18.4. The van der Waals surface area contributed by atoms with Crippen molar-refractivity contribution in [3.05, 3.63) is 29.6 Å². The second kappa shape index (κ2) is 7.62. The van der Waals surface area contributed by atoms with Gasteiger partial charge in [-0.3, -0.25) is 9.59 Å². The van der Waals surface area contributed by atoms with E-state index in [1.165, 1.54) is 12.1 Å². The van der Waals surface area contributed by atoms with Crippen LogP contribution < -0.4 is 10.1 Å². The Balaban J connectivity index is 2.68. The van der Waals surface area contributed by atoms with Gasteiger partial charge >= 0.3 is 0 Å². The van der Waals surface area contributed by atoms with Gasteiger partial charge in [0, 0.05) is 6.04 Å². The van der Waals surface area contributed by atoms with Crippen LogP contribution in [0.1, 0.15) is 44.0 Å². The minimum atomic E-state index is -0.751. The van der Waals surface area contributed by atoms with Gasteiger partial charge in [-0.25, -0.2) is 4.39 Å². The highest BCUT2D eigenvalue weighted by Gasteiger charge is 2.18. The normalized spacial score (nSPS) is 13.4. The number of hydrogen-bond acceptors (Lipinski definition) is 3. The number of ether oxygens (including phenoxy) is 1. The number of carbonyl (C=O) groups is 2. The molecule has 2 unspecified atom stereocenters. The molecule has 1 aromatic rings. The lowest BCUT2D eigenvalue weighted by molar-refractivity contribution is -0.127. The molecule has 110 valence electrons. The van der Waals surface area contributed by atoms with E-state index in [1.54, 1.807) is 6.92 Å². The second-order valence-electron chi connectivity index (χ2n) is 4.76. The first kappa shape index (κ1) is 16.1. The molecule has 0 saturated carbocycles. The van der Waals surface area contributed by atoms with Gasteiger partial charge in [-0.15, -0.1) is 0 Å². The highest BCUT2D eigenvalue weighted by atomic mass is 19.1. The van der Waals surface area contributed by atoms with E-state index in [2.05, 4.69) is 5.32 Å². The molecule has 0 fully saturated rings. The van der Waals surface area contributed by atoms with Crippen molar-refractivity contribution in [3.63, 3.8) is 0 Å². The SMILES string of the molecule is CCCC(C)NC(=O)C(C)Oc1ccc(F)cc1C=O. The number of rotatable bonds is 7. The molecule has 20 heavy (non-hydrogen) atoms. The van der Waals surface area contributed by atoms with Crippen LogP contribution in [0.15, 0.2) is 18.2 Å². The maximum Gasteiger partial charge on any atom is 0.260 e. The Labute approximate surface area is 118 Å². The Bertz CT molecular complexity index is 476. The predicted molar refractivity (Wildman–Crippen MR) is 74.4 cm³/mol. The highest BCUT2D eigenvalue weighted by molar-refractivity contribution is 5.82. The number of aldehydes is 1. The molecule has 0 radical (unpaired) electrons. The number of hydrogen-bond donors (Lipinski definition) is 1. The third kappa shape index (κ3) is 4.64. The third-order valence-electron chi connectivity index (χ3n) is 2.88. The molecule has 5 heteroatoms. The van der Waals surface area contributed by atoms with Gasteiger partial charge in [0.25, 0.3) is 5.91 Å². The van der Waals surface area contributed by atoms with E-state index in [-0.39, 0.29) is 23.3 Å². The van der Waals surface area contributed by atoms with Gasteiger partial charge in [0.15, 0.2) is 12.4 Å². The fraction of sp³-hybridized carbons (Fsp3) is 0.467. The lowest BCUT2D eigenvalue weighted by Gasteiger charge is -2.19. The van der Waals surface area contributed by atoms with Crippen molar-refractivity contribution in [1.29, 1.82) is 0 Å². The quantitative estimate of drug-likeness (QED) is 0.782. The number of nitrogens with one attached hydrogen (secondary N) is 1. The average molecular weight is 281 g/mol. The maximum atomic E-state index is 13.0. The molecule has 2 atom stereocenters. The predicted octanol–water partition coefficient (Wildman–Crippen LogP) is 2.71. The summed E-state index contributed by atoms with van der Waals surface area (Å²) in [7, 11) is 0. The van der Waals surface area contributed by atoms with E-state index >= 15 is 0 Å². The summed E-state index contributed by atoms with van der Waals surface area (Å²) in [5.41, 5.74) is 0.0891. The van der Waals surface area contributed by atoms with Gasteiger partial charge in [-0.1, -0.05) is 13.3 Å². The minimum absolute atomic E-state index is 0.0670. The Kier molecular flexibility index (Phi) is 6.15. The van der Waals surface area contributed by atoms with Crippen molar-refractivity contribution < 1.29 is 18.7 Å². The lowest BCUT2D eigenvalue weighted by Crippen LogP contribution is -2.41. The van der Waals surface area contributed by atoms with Crippen molar-refractivity contribution in [2.75, 3.05) is 0 Å². The minimum Gasteiger partial charge on any atom is -0.480 e. The van der Waals surface area contributed by atoms with Crippen molar-refractivity contribution in [2.45, 2.75) is 45.8 Å². The standard InChI is InChI=1S/C15H20FNO3/c1-4-5-10(2)17-15(19)11(3)20-14-7-6-13(16)8-12(14)9-18/h6-11H,4-5H2,1-3H3,(H,17,19). The summed E-state index contributed by atoms with van der Waals surface area (Å²) in [5, 5.41) is 2.82. The molecule has 0 saturated heterocycles. The molecule has 0 aromatic heterocycles. The van der Waals surface area contributed by atoms with Crippen LogP contribution in [0.5, 0.6) is 5.75 Å². The zero-order valence-electron chi connectivity index (χ0n) is 12.0. The molecule has 0 bridgehead atoms. The molecule has 0 aliphatic rings. The first-order valence-electron chi connectivity index (χ1n) is 6.69. The van der Waals surface area contributed by atoms with Crippen LogP contribution in [-0.4, -0.2) is 24.3 Å². The molecule has 1 rings (SSSR count). The summed E-state index contributed by atoms with van der Waals surface area (Å²) >= 11 is 0. The second-order valence-corrected chi connectivity index (χ2v) is 4.76. The first-order chi connectivity index (χ1) is 9.47. The molecule has 0 heterocycles. The first-order valence-corrected chi connectivity index (χ1v) is 6.69. The van der Waals surface area contributed by atoms with Crippen molar-refractivity contribution in [3.8, 4) is 5.75 Å². The maximum absolute atomic E-state index is 13.0. The van der Waals surface area contributed by atoms with Gasteiger partial charge < -0.3 is 10.1 Å². The van der Waals surface area contributed by atoms with Gasteiger partial charge in [0.1, 0.15) is 11.6 Å². The van der Waals surface area contributed by atoms with E-state index in [9.17, 15) is 14.0 Å². The zero-order valence-corrected chi connectivity index (χ0v) is 12.0. The lowest BCUT2D eigenvalue weighted by atomic mass is 10.2. The van der Waals surface area contributed by atoms with Crippen LogP contribution in [0.25, 0.3) is 0 Å². The molecule has 4 nitrogen and oxygen atoms in total. The van der Waals surface area contributed by atoms with Gasteiger partial charge in [-0.05, 0) is 38.5 Å². The molecular weight excluding hydrogens is 261 g/mol. The zero-order chi connectivity index (χ0) is 15.1. The fourth-order valence-corrected chi connectivity index (χ4v) is 1.83. The van der Waals surface area contributed by atoms with Gasteiger partial charge in [-0.2, -0.15) is 0 Å². The van der Waals surface area contributed by atoms with Crippen LogP contribution >= 0.6 is 0 Å². The number of halogens is 1. The van der Waals surface area contributed by atoms with E-state index in [4.69, 9.17) is 4.74 Å². The Hall–Kier alpha value is -1.91. The van der Waals surface area contributed by atoms with E-state index < -0.39 is 11.9 Å². The number of carbonyl (C=O) groups excluding carboxylic acids is 2. The molecule has 0 aliphatic carbocycles. The van der Waals surface area contributed by atoms with Crippen LogP contribution in [0.2, 0.25) is 0 Å². The van der Waals surface area contributed by atoms with Crippen LogP contribution in [0.3, 0.4) is 0 Å². The number of benzene rings is 1. The number of amides is 1. The highest BCUT2D eigenvalue weighted by Crippen LogP contribution is 2.19. The average Bonchev–Trinajstić information content (AvgIpc) is 2.40. The Morgan fingerprint density at radius 3 is 2.75 bits per heavy atom. The Morgan fingerprint density at radius 1 is 1.45 bits per heavy atom. The monoisotopic (exact) mass is 281 g/mol. The van der Waals surface area contributed by atoms with Crippen molar-refractivity contribution in [1.82, 2.24) is 5.32 Å². The van der Waals surface area contributed by atoms with E-state index in [0.29, 0.717) is 6.29 Å². The summed E-state index contributed by atoms with van der Waals surface area (Å²) in [5.74, 6) is -0.576. The molecular formula is C15H20FNO3. The van der Waals surface area contributed by atoms with E-state index in [1.807, 2.05) is 13.8 Å². The summed E-state index contributed by atoms with van der Waals surface area (Å²) in [6.45, 7) is 5.55. The Morgan fingerprint density at radius 2 is 2.15 bits per heavy atom. The summed E-state index contributed by atoms with van der Waals surface area (Å²) in [4.78, 5) is 22.7.